The lowest BCUT2D eigenvalue weighted by Gasteiger charge is -2.26. The fraction of sp³-hybridized carbons (Fsp3) is 0.469. The molecule has 8 heteroatoms. The molecule has 0 bridgehead atoms. The summed E-state index contributed by atoms with van der Waals surface area (Å²) < 4.78 is 24.3. The number of aryl methyl sites for hydroxylation is 2. The fourth-order valence-electron chi connectivity index (χ4n) is 8.87. The zero-order valence-electron chi connectivity index (χ0n) is 34.6. The van der Waals surface area contributed by atoms with Gasteiger partial charge in [0.1, 0.15) is 36.2 Å². The Morgan fingerprint density at radius 1 is 0.474 bits per heavy atom. The summed E-state index contributed by atoms with van der Waals surface area (Å²) in [5, 5.41) is 0. The molecule has 8 nitrogen and oxygen atoms in total. The van der Waals surface area contributed by atoms with Crippen LogP contribution >= 0.6 is 0 Å². The van der Waals surface area contributed by atoms with Crippen molar-refractivity contribution < 1.29 is 28.5 Å². The standard InChI is InChI=1S/C25H31NO3.C24H29NO3/c1-3-9-18-16-20-24(22(17-18)28-4-2)23-19(25(20)27)10-8-11-21(23)29-15-14-26-12-6-5-7-13-26;1-3-8-17-15-19-23(21(16-17)27-4-2)22-18(24(19)26)9-7-10-20(22)28-14-13-25-11-5-6-12-25/h8,10-11,16-17H,3-7,9,12-15H2,1-2H3;7,9-10,15-16H,3-6,8,11-14H2,1-2H3. The van der Waals surface area contributed by atoms with Gasteiger partial charge in [0, 0.05) is 57.6 Å². The molecule has 2 heterocycles. The number of ether oxygens (including phenoxy) is 4. The minimum atomic E-state index is 0.0777. The van der Waals surface area contributed by atoms with E-state index in [0.29, 0.717) is 26.4 Å². The van der Waals surface area contributed by atoms with Crippen LogP contribution in [-0.2, 0) is 12.8 Å². The number of piperidine rings is 1. The predicted octanol–water partition coefficient (Wildman–Crippen LogP) is 9.84. The van der Waals surface area contributed by atoms with Crippen LogP contribution in [0.25, 0.3) is 22.3 Å². The maximum absolute atomic E-state index is 13.2. The Bertz CT molecular complexity index is 2040. The monoisotopic (exact) mass is 772 g/mol. The number of rotatable bonds is 16. The molecule has 0 N–H and O–H groups in total. The Balaban J connectivity index is 0.000000174. The lowest BCUT2D eigenvalue weighted by Crippen LogP contribution is -2.33. The maximum atomic E-state index is 13.2. The quantitative estimate of drug-likeness (QED) is 0.0963. The summed E-state index contributed by atoms with van der Waals surface area (Å²) in [6, 6.07) is 19.9. The highest BCUT2D eigenvalue weighted by Crippen LogP contribution is 2.49. The third-order valence-corrected chi connectivity index (χ3v) is 11.5. The Morgan fingerprint density at radius 2 is 0.877 bits per heavy atom. The highest BCUT2D eigenvalue weighted by Gasteiger charge is 2.34. The summed E-state index contributed by atoms with van der Waals surface area (Å²) in [4.78, 5) is 31.2. The molecule has 0 amide bonds. The van der Waals surface area contributed by atoms with Crippen molar-refractivity contribution in [2.24, 2.45) is 0 Å². The Morgan fingerprint density at radius 3 is 1.28 bits per heavy atom. The number of fused-ring (bicyclic) bond motifs is 6. The molecule has 2 fully saturated rings. The van der Waals surface area contributed by atoms with Crippen molar-refractivity contribution >= 4 is 11.6 Å². The van der Waals surface area contributed by atoms with Gasteiger partial charge in [-0.25, -0.2) is 0 Å². The Kier molecular flexibility index (Phi) is 13.6. The molecule has 2 aliphatic carbocycles. The summed E-state index contributed by atoms with van der Waals surface area (Å²) >= 11 is 0. The van der Waals surface area contributed by atoms with Crippen LogP contribution in [0.15, 0.2) is 60.7 Å². The normalized spacial score (nSPS) is 15.7. The van der Waals surface area contributed by atoms with E-state index in [1.54, 1.807) is 0 Å². The smallest absolute Gasteiger partial charge is 0.194 e. The molecule has 4 aromatic rings. The van der Waals surface area contributed by atoms with E-state index >= 15 is 0 Å². The lowest BCUT2D eigenvalue weighted by atomic mass is 9.99. The van der Waals surface area contributed by atoms with Gasteiger partial charge in [0.15, 0.2) is 11.6 Å². The van der Waals surface area contributed by atoms with Gasteiger partial charge in [-0.3, -0.25) is 19.4 Å². The van der Waals surface area contributed by atoms with Gasteiger partial charge < -0.3 is 18.9 Å². The molecule has 302 valence electrons. The molecule has 4 aromatic carbocycles. The Hall–Kier alpha value is -4.66. The number of carbonyl (C=O) groups excluding carboxylic acids is 2. The predicted molar refractivity (Wildman–Crippen MR) is 228 cm³/mol. The molecule has 0 saturated carbocycles. The molecule has 2 saturated heterocycles. The van der Waals surface area contributed by atoms with Crippen molar-refractivity contribution in [2.75, 3.05) is 65.7 Å². The van der Waals surface area contributed by atoms with Crippen molar-refractivity contribution in [3.8, 4) is 45.3 Å². The largest absolute Gasteiger partial charge is 0.493 e. The second kappa shape index (κ2) is 19.2. The van der Waals surface area contributed by atoms with Crippen LogP contribution in [0.5, 0.6) is 23.0 Å². The van der Waals surface area contributed by atoms with Crippen LogP contribution in [0.3, 0.4) is 0 Å². The zero-order valence-corrected chi connectivity index (χ0v) is 34.6. The molecule has 8 rings (SSSR count). The molecule has 2 aliphatic heterocycles. The summed E-state index contributed by atoms with van der Waals surface area (Å²) in [5.41, 5.74) is 8.87. The van der Waals surface area contributed by atoms with Crippen molar-refractivity contribution in [3.05, 3.63) is 94.0 Å². The second-order valence-corrected chi connectivity index (χ2v) is 15.6. The summed E-state index contributed by atoms with van der Waals surface area (Å²) in [5.74, 6) is 3.33. The first kappa shape index (κ1) is 40.5. The minimum Gasteiger partial charge on any atom is -0.493 e. The van der Waals surface area contributed by atoms with Crippen LogP contribution in [0.4, 0.5) is 0 Å². The van der Waals surface area contributed by atoms with Crippen molar-refractivity contribution in [1.82, 2.24) is 9.80 Å². The molecule has 4 aliphatic rings. The van der Waals surface area contributed by atoms with Gasteiger partial charge in [-0.15, -0.1) is 0 Å². The van der Waals surface area contributed by atoms with Gasteiger partial charge in [-0.1, -0.05) is 57.4 Å². The molecule has 0 aromatic heterocycles. The first-order valence-electron chi connectivity index (χ1n) is 21.6. The van der Waals surface area contributed by atoms with Crippen molar-refractivity contribution in [1.29, 1.82) is 0 Å². The summed E-state index contributed by atoms with van der Waals surface area (Å²) in [7, 11) is 0. The van der Waals surface area contributed by atoms with Crippen LogP contribution in [-0.4, -0.2) is 87.1 Å². The molecule has 57 heavy (non-hydrogen) atoms. The number of hydrogen-bond donors (Lipinski definition) is 0. The lowest BCUT2D eigenvalue weighted by molar-refractivity contribution is 0.103. The number of ketones is 2. The van der Waals surface area contributed by atoms with E-state index in [1.807, 2.05) is 62.4 Å². The second-order valence-electron chi connectivity index (χ2n) is 15.6. The summed E-state index contributed by atoms with van der Waals surface area (Å²) in [6.45, 7) is 17.2. The number of hydrogen-bond acceptors (Lipinski definition) is 8. The number of nitrogens with zero attached hydrogens (tertiary/aromatic N) is 2. The molecular weight excluding hydrogens is 713 g/mol. The number of likely N-dealkylation sites (tertiary alicyclic amines) is 2. The van der Waals surface area contributed by atoms with E-state index in [4.69, 9.17) is 18.9 Å². The first-order chi connectivity index (χ1) is 27.9. The molecule has 0 radical (unpaired) electrons. The van der Waals surface area contributed by atoms with Gasteiger partial charge in [0.25, 0.3) is 0 Å². The highest BCUT2D eigenvalue weighted by atomic mass is 16.5. The van der Waals surface area contributed by atoms with Crippen LogP contribution in [0, 0.1) is 0 Å². The third kappa shape index (κ3) is 8.92. The summed E-state index contributed by atoms with van der Waals surface area (Å²) in [6.07, 6.45) is 10.4. The topological polar surface area (TPSA) is 77.5 Å². The van der Waals surface area contributed by atoms with Gasteiger partial charge in [-0.05, 0) is 126 Å². The average molecular weight is 773 g/mol. The van der Waals surface area contributed by atoms with Gasteiger partial charge in [0.2, 0.25) is 0 Å². The molecular formula is C49H60N2O6. The molecule has 0 unspecified atom stereocenters. The third-order valence-electron chi connectivity index (χ3n) is 11.5. The highest BCUT2D eigenvalue weighted by molar-refractivity contribution is 6.24. The molecule has 0 atom stereocenters. The maximum Gasteiger partial charge on any atom is 0.194 e. The van der Waals surface area contributed by atoms with E-state index in [-0.39, 0.29) is 11.6 Å². The van der Waals surface area contributed by atoms with Gasteiger partial charge in [0.05, 0.1) is 13.2 Å². The van der Waals surface area contributed by atoms with Gasteiger partial charge in [-0.2, -0.15) is 0 Å². The van der Waals surface area contributed by atoms with E-state index < -0.39 is 0 Å². The van der Waals surface area contributed by atoms with Crippen LogP contribution in [0.2, 0.25) is 0 Å². The van der Waals surface area contributed by atoms with Gasteiger partial charge >= 0.3 is 0 Å². The van der Waals surface area contributed by atoms with E-state index in [9.17, 15) is 9.59 Å². The van der Waals surface area contributed by atoms with E-state index in [0.717, 1.165) is 144 Å². The minimum absolute atomic E-state index is 0.0777. The van der Waals surface area contributed by atoms with Crippen molar-refractivity contribution in [2.45, 2.75) is 85.5 Å². The molecule has 0 spiro atoms. The van der Waals surface area contributed by atoms with Crippen LogP contribution in [0.1, 0.15) is 116 Å². The van der Waals surface area contributed by atoms with Crippen LogP contribution < -0.4 is 18.9 Å². The van der Waals surface area contributed by atoms with Crippen molar-refractivity contribution in [3.63, 3.8) is 0 Å². The average Bonchev–Trinajstić information content (AvgIpc) is 3.93. The van der Waals surface area contributed by atoms with E-state index in [2.05, 4.69) is 35.8 Å². The fourth-order valence-corrected chi connectivity index (χ4v) is 8.87. The van der Waals surface area contributed by atoms with E-state index in [1.165, 1.54) is 32.1 Å². The Labute approximate surface area is 339 Å². The first-order valence-corrected chi connectivity index (χ1v) is 21.6. The number of carbonyl (C=O) groups is 2. The SMILES string of the molecule is CCCc1cc(OCC)c2c(c1)C(=O)c1cccc(OCCN3CCCC3)c1-2.CCCc1cc(OCC)c2c(c1)C(=O)c1cccc(OCCN3CCCCC3)c1-2. The zero-order chi connectivity index (χ0) is 39.7. The number of benzene rings is 4.